The third-order valence-corrected chi connectivity index (χ3v) is 5.07. The first-order valence-electron chi connectivity index (χ1n) is 8.53. The molecule has 0 unspecified atom stereocenters. The first-order valence-corrected chi connectivity index (χ1v) is 8.53. The number of benzene rings is 1. The van der Waals surface area contributed by atoms with Crippen molar-refractivity contribution in [2.75, 3.05) is 13.1 Å². The molecule has 124 valence electrons. The van der Waals surface area contributed by atoms with Gasteiger partial charge in [-0.05, 0) is 19.3 Å². The molecule has 1 aromatic heterocycles. The minimum absolute atomic E-state index is 0.103. The molecule has 0 bridgehead atoms. The maximum atomic E-state index is 13.0. The molecule has 0 radical (unpaired) electrons. The van der Waals surface area contributed by atoms with E-state index in [0.717, 1.165) is 35.4 Å². The van der Waals surface area contributed by atoms with E-state index in [2.05, 4.69) is 9.97 Å². The molecule has 2 heterocycles. The molecule has 24 heavy (non-hydrogen) atoms. The molecule has 2 aliphatic rings. The van der Waals surface area contributed by atoms with Crippen LogP contribution in [-0.2, 0) is 17.6 Å². The molecule has 2 aromatic rings. The Kier molecular flexibility index (Phi) is 4.00. The lowest BCUT2D eigenvalue weighted by Crippen LogP contribution is -2.43. The quantitative estimate of drug-likeness (QED) is 0.853. The van der Waals surface area contributed by atoms with Crippen LogP contribution in [0.2, 0.25) is 0 Å². The molecule has 1 fully saturated rings. The van der Waals surface area contributed by atoms with Gasteiger partial charge in [-0.3, -0.25) is 4.79 Å². The second-order valence-corrected chi connectivity index (χ2v) is 6.60. The smallest absolute Gasteiger partial charge is 0.225 e. The van der Waals surface area contributed by atoms with Crippen molar-refractivity contribution in [3.8, 4) is 11.3 Å². The second kappa shape index (κ2) is 6.30. The molecule has 4 nitrogen and oxygen atoms in total. The van der Waals surface area contributed by atoms with Gasteiger partial charge in [-0.15, -0.1) is 0 Å². The summed E-state index contributed by atoms with van der Waals surface area (Å²) >= 11 is 0. The lowest BCUT2D eigenvalue weighted by molar-refractivity contribution is -0.140. The number of aromatic nitrogens is 2. The zero-order chi connectivity index (χ0) is 16.5. The average Bonchev–Trinajstić information content (AvgIpc) is 2.82. The van der Waals surface area contributed by atoms with Crippen LogP contribution in [0.15, 0.2) is 36.7 Å². The van der Waals surface area contributed by atoms with Gasteiger partial charge in [0.05, 0.1) is 5.69 Å². The molecule has 4 rings (SSSR count). The first-order chi connectivity index (χ1) is 11.7. The molecule has 0 saturated heterocycles. The lowest BCUT2D eigenvalue weighted by atomic mass is 9.82. The van der Waals surface area contributed by atoms with Gasteiger partial charge >= 0.3 is 0 Å². The third-order valence-electron chi connectivity index (χ3n) is 5.07. The zero-order valence-corrected chi connectivity index (χ0v) is 13.5. The Morgan fingerprint density at radius 3 is 2.58 bits per heavy atom. The van der Waals surface area contributed by atoms with E-state index in [1.54, 1.807) is 6.33 Å². The fourth-order valence-corrected chi connectivity index (χ4v) is 3.60. The van der Waals surface area contributed by atoms with E-state index >= 15 is 0 Å². The Bertz CT molecular complexity index is 744. The highest BCUT2D eigenvalue weighted by molar-refractivity contribution is 5.80. The Morgan fingerprint density at radius 2 is 1.83 bits per heavy atom. The van der Waals surface area contributed by atoms with Gasteiger partial charge in [0, 0.05) is 42.2 Å². The molecule has 1 amide bonds. The number of alkyl halides is 1. The summed E-state index contributed by atoms with van der Waals surface area (Å²) in [6.45, 7) is 1.32. The number of fused-ring (bicyclic) bond motifs is 1. The Morgan fingerprint density at radius 1 is 1.08 bits per heavy atom. The Balaban J connectivity index is 1.56. The molecule has 1 aromatic carbocycles. The van der Waals surface area contributed by atoms with E-state index in [4.69, 9.17) is 0 Å². The highest BCUT2D eigenvalue weighted by Gasteiger charge is 2.37. The van der Waals surface area contributed by atoms with E-state index in [-0.39, 0.29) is 11.8 Å². The van der Waals surface area contributed by atoms with Gasteiger partial charge in [0.1, 0.15) is 12.5 Å². The summed E-state index contributed by atoms with van der Waals surface area (Å²) in [5, 5.41) is 0. The maximum Gasteiger partial charge on any atom is 0.225 e. The van der Waals surface area contributed by atoms with Crippen molar-refractivity contribution in [3.05, 3.63) is 47.9 Å². The van der Waals surface area contributed by atoms with Crippen LogP contribution in [0.4, 0.5) is 4.39 Å². The molecular weight excluding hydrogens is 305 g/mol. The van der Waals surface area contributed by atoms with Crippen molar-refractivity contribution in [1.29, 1.82) is 0 Å². The van der Waals surface area contributed by atoms with E-state index in [1.807, 2.05) is 35.2 Å². The Hall–Kier alpha value is -2.30. The van der Waals surface area contributed by atoms with Crippen LogP contribution < -0.4 is 0 Å². The van der Waals surface area contributed by atoms with Crippen molar-refractivity contribution in [2.45, 2.75) is 31.9 Å². The number of halogens is 1. The van der Waals surface area contributed by atoms with Crippen LogP contribution in [0.25, 0.3) is 11.3 Å². The number of carbonyl (C=O) groups excluding carboxylic acids is 1. The normalized spacial score (nSPS) is 23.1. The predicted molar refractivity (Wildman–Crippen MR) is 89.1 cm³/mol. The minimum Gasteiger partial charge on any atom is -0.342 e. The molecule has 5 heteroatoms. The molecule has 0 N–H and O–H groups in total. The molecule has 1 saturated carbocycles. The number of rotatable bonds is 2. The standard InChI is InChI=1S/C19H20FN3O/c20-15-10-14(11-15)19(24)23-8-6-16-17(7-9-23)21-12-22-18(16)13-4-2-1-3-5-13/h1-5,12,14-15H,6-11H2. The average molecular weight is 325 g/mol. The van der Waals surface area contributed by atoms with Crippen LogP contribution in [0, 0.1) is 5.92 Å². The zero-order valence-electron chi connectivity index (χ0n) is 13.5. The molecule has 1 aliphatic carbocycles. The van der Waals surface area contributed by atoms with Gasteiger partial charge in [0.2, 0.25) is 5.91 Å². The molecular formula is C19H20FN3O. The van der Waals surface area contributed by atoms with E-state index < -0.39 is 6.17 Å². The fraction of sp³-hybridized carbons (Fsp3) is 0.421. The Labute approximate surface area is 140 Å². The first kappa shape index (κ1) is 15.2. The topological polar surface area (TPSA) is 46.1 Å². The van der Waals surface area contributed by atoms with Gasteiger partial charge in [-0.2, -0.15) is 0 Å². The minimum atomic E-state index is -0.793. The summed E-state index contributed by atoms with van der Waals surface area (Å²) in [5.41, 5.74) is 4.20. The van der Waals surface area contributed by atoms with Crippen LogP contribution in [0.1, 0.15) is 24.1 Å². The number of hydrogen-bond donors (Lipinski definition) is 0. The molecule has 0 spiro atoms. The lowest BCUT2D eigenvalue weighted by Gasteiger charge is -2.33. The van der Waals surface area contributed by atoms with Crippen molar-refractivity contribution in [3.63, 3.8) is 0 Å². The van der Waals surface area contributed by atoms with Gasteiger partial charge in [-0.25, -0.2) is 14.4 Å². The summed E-state index contributed by atoms with van der Waals surface area (Å²) in [6, 6.07) is 10.1. The van der Waals surface area contributed by atoms with Crippen molar-refractivity contribution >= 4 is 5.91 Å². The monoisotopic (exact) mass is 325 g/mol. The van der Waals surface area contributed by atoms with Crippen molar-refractivity contribution in [1.82, 2.24) is 14.9 Å². The van der Waals surface area contributed by atoms with Gasteiger partial charge in [0.15, 0.2) is 0 Å². The number of carbonyl (C=O) groups is 1. The number of nitrogens with zero attached hydrogens (tertiary/aromatic N) is 3. The largest absolute Gasteiger partial charge is 0.342 e. The highest BCUT2D eigenvalue weighted by Crippen LogP contribution is 2.32. The van der Waals surface area contributed by atoms with Crippen molar-refractivity contribution in [2.24, 2.45) is 5.92 Å². The fourth-order valence-electron chi connectivity index (χ4n) is 3.60. The van der Waals surface area contributed by atoms with Gasteiger partial charge in [-0.1, -0.05) is 30.3 Å². The number of hydrogen-bond acceptors (Lipinski definition) is 3. The second-order valence-electron chi connectivity index (χ2n) is 6.60. The summed E-state index contributed by atoms with van der Waals surface area (Å²) in [5.74, 6) is -0.0215. The summed E-state index contributed by atoms with van der Waals surface area (Å²) < 4.78 is 13.0. The summed E-state index contributed by atoms with van der Waals surface area (Å²) in [7, 11) is 0. The van der Waals surface area contributed by atoms with Crippen LogP contribution in [-0.4, -0.2) is 40.0 Å². The summed E-state index contributed by atoms with van der Waals surface area (Å²) in [4.78, 5) is 23.3. The van der Waals surface area contributed by atoms with Crippen LogP contribution >= 0.6 is 0 Å². The predicted octanol–water partition coefficient (Wildman–Crippen LogP) is 2.82. The molecule has 1 aliphatic heterocycles. The molecule has 0 atom stereocenters. The van der Waals surface area contributed by atoms with Crippen molar-refractivity contribution < 1.29 is 9.18 Å². The number of amides is 1. The van der Waals surface area contributed by atoms with Crippen LogP contribution in [0.3, 0.4) is 0 Å². The highest BCUT2D eigenvalue weighted by atomic mass is 19.1. The van der Waals surface area contributed by atoms with Gasteiger partial charge in [0.25, 0.3) is 0 Å². The summed E-state index contributed by atoms with van der Waals surface area (Å²) in [6.07, 6.45) is 3.07. The van der Waals surface area contributed by atoms with E-state index in [9.17, 15) is 9.18 Å². The maximum absolute atomic E-state index is 13.0. The SMILES string of the molecule is O=C(C1CC(F)C1)N1CCc2ncnc(-c3ccccc3)c2CC1. The third kappa shape index (κ3) is 2.79. The van der Waals surface area contributed by atoms with Crippen LogP contribution in [0.5, 0.6) is 0 Å². The van der Waals surface area contributed by atoms with E-state index in [1.165, 1.54) is 0 Å². The van der Waals surface area contributed by atoms with E-state index in [0.29, 0.717) is 25.9 Å². The van der Waals surface area contributed by atoms with Gasteiger partial charge < -0.3 is 4.90 Å².